The lowest BCUT2D eigenvalue weighted by molar-refractivity contribution is -0.116. The molecule has 24 heavy (non-hydrogen) atoms. The molecule has 2 rings (SSSR count). The first-order valence-electron chi connectivity index (χ1n) is 7.55. The molecule has 0 aromatic heterocycles. The molecule has 0 saturated carbocycles. The molecule has 2 aromatic carbocycles. The molecule has 0 radical (unpaired) electrons. The van der Waals surface area contributed by atoms with Crippen LogP contribution in [0, 0.1) is 0 Å². The molecule has 0 fully saturated rings. The van der Waals surface area contributed by atoms with E-state index in [4.69, 9.17) is 15.2 Å². The first-order chi connectivity index (χ1) is 11.6. The zero-order valence-corrected chi connectivity index (χ0v) is 13.5. The van der Waals surface area contributed by atoms with Gasteiger partial charge in [0.1, 0.15) is 11.5 Å². The average molecular weight is 328 g/mol. The fourth-order valence-electron chi connectivity index (χ4n) is 2.11. The van der Waals surface area contributed by atoms with Gasteiger partial charge in [0.25, 0.3) is 5.91 Å². The van der Waals surface area contributed by atoms with Gasteiger partial charge < -0.3 is 20.5 Å². The van der Waals surface area contributed by atoms with Gasteiger partial charge in [0, 0.05) is 6.42 Å². The van der Waals surface area contributed by atoms with E-state index in [-0.39, 0.29) is 12.3 Å². The van der Waals surface area contributed by atoms with Crippen LogP contribution in [0.15, 0.2) is 48.5 Å². The number of para-hydroxylation sites is 1. The molecular weight excluding hydrogens is 308 g/mol. The summed E-state index contributed by atoms with van der Waals surface area (Å²) in [5.41, 5.74) is 5.99. The first kappa shape index (κ1) is 17.3. The van der Waals surface area contributed by atoms with Crippen molar-refractivity contribution in [1.82, 2.24) is 0 Å². The van der Waals surface area contributed by atoms with Gasteiger partial charge in [-0.15, -0.1) is 0 Å². The Hall–Kier alpha value is -3.02. The molecule has 0 bridgehead atoms. The first-order valence-corrected chi connectivity index (χ1v) is 7.55. The average Bonchev–Trinajstić information content (AvgIpc) is 2.59. The van der Waals surface area contributed by atoms with Crippen LogP contribution in [0.4, 0.5) is 5.69 Å². The lowest BCUT2D eigenvalue weighted by atomic mass is 10.1. The fraction of sp³-hybridized carbons (Fsp3) is 0.222. The molecule has 0 aliphatic carbocycles. The number of carbonyl (C=O) groups excluding carboxylic acids is 2. The number of rotatable bonds is 8. The van der Waals surface area contributed by atoms with E-state index >= 15 is 0 Å². The fourth-order valence-corrected chi connectivity index (χ4v) is 2.11. The van der Waals surface area contributed by atoms with E-state index in [1.54, 1.807) is 31.4 Å². The molecule has 0 spiro atoms. The Morgan fingerprint density at radius 1 is 1.04 bits per heavy atom. The van der Waals surface area contributed by atoms with Crippen LogP contribution in [0.25, 0.3) is 0 Å². The van der Waals surface area contributed by atoms with Crippen molar-refractivity contribution in [3.63, 3.8) is 0 Å². The van der Waals surface area contributed by atoms with Gasteiger partial charge >= 0.3 is 0 Å². The number of ether oxygens (including phenoxy) is 2. The maximum atomic E-state index is 11.9. The maximum Gasteiger partial charge on any atom is 0.250 e. The number of primary amides is 1. The summed E-state index contributed by atoms with van der Waals surface area (Å²) in [4.78, 5) is 23.3. The lowest BCUT2D eigenvalue weighted by Gasteiger charge is -2.09. The molecule has 126 valence electrons. The maximum absolute atomic E-state index is 11.9. The largest absolute Gasteiger partial charge is 0.497 e. The van der Waals surface area contributed by atoms with Gasteiger partial charge in [-0.2, -0.15) is 0 Å². The van der Waals surface area contributed by atoms with Crippen molar-refractivity contribution in [3.05, 3.63) is 54.1 Å². The quantitative estimate of drug-likeness (QED) is 0.729. The molecule has 6 nitrogen and oxygen atoms in total. The van der Waals surface area contributed by atoms with Gasteiger partial charge in [0.05, 0.1) is 25.0 Å². The van der Waals surface area contributed by atoms with E-state index in [2.05, 4.69) is 5.32 Å². The normalized spacial score (nSPS) is 10.0. The minimum atomic E-state index is -0.575. The van der Waals surface area contributed by atoms with Gasteiger partial charge in [0.15, 0.2) is 0 Å². The second-order valence-corrected chi connectivity index (χ2v) is 5.09. The van der Waals surface area contributed by atoms with Gasteiger partial charge in [-0.3, -0.25) is 9.59 Å². The number of nitrogens with one attached hydrogen (secondary N) is 1. The van der Waals surface area contributed by atoms with Crippen molar-refractivity contribution >= 4 is 17.5 Å². The number of benzene rings is 2. The van der Waals surface area contributed by atoms with Crippen molar-refractivity contribution in [2.24, 2.45) is 5.73 Å². The SMILES string of the molecule is COc1ccc(OCCCC(=O)Nc2ccccc2C(N)=O)cc1. The zero-order valence-electron chi connectivity index (χ0n) is 13.5. The van der Waals surface area contributed by atoms with Crippen LogP contribution < -0.4 is 20.5 Å². The second kappa shape index (κ2) is 8.57. The van der Waals surface area contributed by atoms with Crippen molar-refractivity contribution in [2.45, 2.75) is 12.8 Å². The molecule has 2 aromatic rings. The van der Waals surface area contributed by atoms with Gasteiger partial charge in [-0.25, -0.2) is 0 Å². The second-order valence-electron chi connectivity index (χ2n) is 5.09. The third-order valence-electron chi connectivity index (χ3n) is 3.34. The number of nitrogens with two attached hydrogens (primary N) is 1. The lowest BCUT2D eigenvalue weighted by Crippen LogP contribution is -2.18. The highest BCUT2D eigenvalue weighted by molar-refractivity contribution is 6.02. The topological polar surface area (TPSA) is 90.7 Å². The third kappa shape index (κ3) is 5.01. The Kier molecular flexibility index (Phi) is 6.19. The van der Waals surface area contributed by atoms with Crippen molar-refractivity contribution < 1.29 is 19.1 Å². The van der Waals surface area contributed by atoms with Crippen molar-refractivity contribution in [2.75, 3.05) is 19.0 Å². The summed E-state index contributed by atoms with van der Waals surface area (Å²) in [5, 5.41) is 2.69. The van der Waals surface area contributed by atoms with Crippen molar-refractivity contribution in [3.8, 4) is 11.5 Å². The molecular formula is C18H20N2O4. The molecule has 3 N–H and O–H groups in total. The predicted molar refractivity (Wildman–Crippen MR) is 91.3 cm³/mol. The highest BCUT2D eigenvalue weighted by Crippen LogP contribution is 2.17. The Balaban J connectivity index is 1.76. The standard InChI is InChI=1S/C18H20N2O4/c1-23-13-8-10-14(11-9-13)24-12-4-7-17(21)20-16-6-3-2-5-15(16)18(19)22/h2-3,5-6,8-11H,4,7,12H2,1H3,(H2,19,22)(H,20,21). The van der Waals surface area contributed by atoms with Crippen molar-refractivity contribution in [1.29, 1.82) is 0 Å². The Morgan fingerprint density at radius 2 is 1.71 bits per heavy atom. The molecule has 2 amide bonds. The molecule has 0 aliphatic heterocycles. The minimum absolute atomic E-state index is 0.193. The van der Waals surface area contributed by atoms with E-state index in [9.17, 15) is 9.59 Å². The van der Waals surface area contributed by atoms with Crippen LogP contribution in [0.1, 0.15) is 23.2 Å². The van der Waals surface area contributed by atoms with Crippen LogP contribution in [0.2, 0.25) is 0 Å². The van der Waals surface area contributed by atoms with E-state index < -0.39 is 5.91 Å². The third-order valence-corrected chi connectivity index (χ3v) is 3.34. The zero-order chi connectivity index (χ0) is 17.4. The van der Waals surface area contributed by atoms with Gasteiger partial charge in [-0.1, -0.05) is 12.1 Å². The highest BCUT2D eigenvalue weighted by atomic mass is 16.5. The number of methoxy groups -OCH3 is 1. The summed E-state index contributed by atoms with van der Waals surface area (Å²) in [7, 11) is 1.60. The van der Waals surface area contributed by atoms with Crippen LogP contribution in [0.5, 0.6) is 11.5 Å². The Morgan fingerprint density at radius 3 is 2.38 bits per heavy atom. The number of carbonyl (C=O) groups is 2. The molecule has 0 saturated heterocycles. The summed E-state index contributed by atoms with van der Waals surface area (Å²) in [6, 6.07) is 13.9. The molecule has 0 atom stereocenters. The van der Waals surface area contributed by atoms with Crippen LogP contribution in [-0.4, -0.2) is 25.5 Å². The highest BCUT2D eigenvalue weighted by Gasteiger charge is 2.10. The van der Waals surface area contributed by atoms with E-state index in [1.807, 2.05) is 24.3 Å². The van der Waals surface area contributed by atoms with Crippen LogP contribution in [-0.2, 0) is 4.79 Å². The van der Waals surface area contributed by atoms with Crippen LogP contribution in [0.3, 0.4) is 0 Å². The molecule has 0 aliphatic rings. The summed E-state index contributed by atoms with van der Waals surface area (Å²) in [6.07, 6.45) is 0.833. The van der Waals surface area contributed by atoms with Gasteiger partial charge in [-0.05, 0) is 42.8 Å². The molecule has 0 heterocycles. The van der Waals surface area contributed by atoms with E-state index in [0.29, 0.717) is 24.3 Å². The number of hydrogen-bond donors (Lipinski definition) is 2. The number of amides is 2. The smallest absolute Gasteiger partial charge is 0.250 e. The number of hydrogen-bond acceptors (Lipinski definition) is 4. The Bertz CT molecular complexity index is 698. The monoisotopic (exact) mass is 328 g/mol. The number of anilines is 1. The summed E-state index contributed by atoms with van der Waals surface area (Å²) in [6.45, 7) is 0.414. The molecule has 0 unspecified atom stereocenters. The Labute approximate surface area is 140 Å². The summed E-state index contributed by atoms with van der Waals surface area (Å²) in [5.74, 6) is 0.709. The van der Waals surface area contributed by atoms with E-state index in [0.717, 1.165) is 11.5 Å². The van der Waals surface area contributed by atoms with Crippen LogP contribution >= 0.6 is 0 Å². The molecule has 6 heteroatoms. The van der Waals surface area contributed by atoms with Gasteiger partial charge in [0.2, 0.25) is 5.91 Å². The summed E-state index contributed by atoms with van der Waals surface area (Å²) >= 11 is 0. The predicted octanol–water partition coefficient (Wildman–Crippen LogP) is 2.59. The summed E-state index contributed by atoms with van der Waals surface area (Å²) < 4.78 is 10.6. The van der Waals surface area contributed by atoms with E-state index in [1.165, 1.54) is 0 Å². The minimum Gasteiger partial charge on any atom is -0.497 e.